The van der Waals surface area contributed by atoms with Gasteiger partial charge in [-0.2, -0.15) is 0 Å². The summed E-state index contributed by atoms with van der Waals surface area (Å²) in [5.74, 6) is 0.319. The molecule has 0 aliphatic heterocycles. The smallest absolute Gasteiger partial charge is 0.312 e. The Morgan fingerprint density at radius 2 is 1.92 bits per heavy atom. The fourth-order valence-corrected chi connectivity index (χ4v) is 3.70. The molecule has 0 aromatic heterocycles. The minimum absolute atomic E-state index is 0.0531. The van der Waals surface area contributed by atoms with Crippen LogP contribution in [0.15, 0.2) is 24.3 Å². The zero-order valence-corrected chi connectivity index (χ0v) is 16.3. The molecule has 0 N–H and O–H groups in total. The number of hydrogen-bond donors (Lipinski definition) is 0. The number of hydrogen-bond acceptors (Lipinski definition) is 3. The van der Waals surface area contributed by atoms with Gasteiger partial charge >= 0.3 is 5.97 Å². The minimum atomic E-state index is -0.428. The van der Waals surface area contributed by atoms with Crippen LogP contribution in [0.25, 0.3) is 0 Å². The van der Waals surface area contributed by atoms with E-state index in [1.807, 2.05) is 19.1 Å². The van der Waals surface area contributed by atoms with Crippen LogP contribution in [0.4, 0.5) is 0 Å². The van der Waals surface area contributed by atoms with Crippen molar-refractivity contribution in [3.05, 3.63) is 35.4 Å². The fourth-order valence-electron chi connectivity index (χ4n) is 3.70. The molecule has 3 heteroatoms. The molecule has 0 bridgehead atoms. The third-order valence-electron chi connectivity index (χ3n) is 5.60. The Balaban J connectivity index is 2.01. The van der Waals surface area contributed by atoms with Crippen molar-refractivity contribution in [3.63, 3.8) is 0 Å². The van der Waals surface area contributed by atoms with Gasteiger partial charge in [-0.3, -0.25) is 4.79 Å². The Labute approximate surface area is 153 Å². The van der Waals surface area contributed by atoms with Gasteiger partial charge in [-0.05, 0) is 43.2 Å². The summed E-state index contributed by atoms with van der Waals surface area (Å²) in [6.45, 7) is 9.12. The lowest BCUT2D eigenvalue weighted by Gasteiger charge is -2.39. The topological polar surface area (TPSA) is 35.5 Å². The van der Waals surface area contributed by atoms with Gasteiger partial charge in [-0.15, -0.1) is 0 Å². The van der Waals surface area contributed by atoms with Gasteiger partial charge in [0.25, 0.3) is 0 Å². The average molecular weight is 347 g/mol. The van der Waals surface area contributed by atoms with E-state index in [0.29, 0.717) is 18.9 Å². The minimum Gasteiger partial charge on any atom is -0.435 e. The third-order valence-corrected chi connectivity index (χ3v) is 5.60. The van der Waals surface area contributed by atoms with E-state index < -0.39 is 6.29 Å². The first-order valence-electron chi connectivity index (χ1n) is 9.88. The third kappa shape index (κ3) is 5.57. The molecule has 140 valence electrons. The quantitative estimate of drug-likeness (QED) is 0.453. The molecule has 1 aromatic carbocycles. The summed E-state index contributed by atoms with van der Waals surface area (Å²) in [7, 11) is 0. The highest BCUT2D eigenvalue weighted by Gasteiger charge is 2.38. The molecule has 0 heterocycles. The summed E-state index contributed by atoms with van der Waals surface area (Å²) in [5, 5.41) is 0. The van der Waals surface area contributed by atoms with Crippen molar-refractivity contribution in [2.45, 2.75) is 84.8 Å². The molecule has 1 aliphatic rings. The first kappa shape index (κ1) is 20.0. The number of rotatable bonds is 8. The molecule has 0 spiro atoms. The van der Waals surface area contributed by atoms with Crippen molar-refractivity contribution in [1.29, 1.82) is 0 Å². The predicted molar refractivity (Wildman–Crippen MR) is 102 cm³/mol. The largest absolute Gasteiger partial charge is 0.435 e. The van der Waals surface area contributed by atoms with E-state index in [2.05, 4.69) is 32.9 Å². The molecule has 1 aliphatic carbocycles. The second-order valence-corrected chi connectivity index (χ2v) is 7.72. The molecule has 1 fully saturated rings. The van der Waals surface area contributed by atoms with Gasteiger partial charge in [0, 0.05) is 12.0 Å². The fraction of sp³-hybridized carbons (Fsp3) is 0.682. The van der Waals surface area contributed by atoms with E-state index in [4.69, 9.17) is 9.47 Å². The highest BCUT2D eigenvalue weighted by molar-refractivity contribution is 5.72. The molecular formula is C22H34O3. The number of carbonyl (C=O) groups excluding carboxylic acids is 1. The molecule has 0 amide bonds. The van der Waals surface area contributed by atoms with Crippen molar-refractivity contribution < 1.29 is 14.3 Å². The van der Waals surface area contributed by atoms with Gasteiger partial charge < -0.3 is 9.47 Å². The zero-order chi connectivity index (χ0) is 18.3. The maximum Gasteiger partial charge on any atom is 0.312 e. The lowest BCUT2D eigenvalue weighted by Crippen LogP contribution is -2.40. The van der Waals surface area contributed by atoms with Crippen molar-refractivity contribution in [3.8, 4) is 0 Å². The van der Waals surface area contributed by atoms with Crippen LogP contribution in [0.3, 0.4) is 0 Å². The van der Waals surface area contributed by atoms with Crippen LogP contribution in [-0.4, -0.2) is 18.9 Å². The van der Waals surface area contributed by atoms with Crippen molar-refractivity contribution >= 4 is 5.97 Å². The van der Waals surface area contributed by atoms with Crippen LogP contribution in [0, 0.1) is 5.41 Å². The Morgan fingerprint density at radius 3 is 2.56 bits per heavy atom. The molecule has 1 aromatic rings. The summed E-state index contributed by atoms with van der Waals surface area (Å²) in [6, 6.07) is 8.31. The van der Waals surface area contributed by atoms with Gasteiger partial charge in [0.2, 0.25) is 6.29 Å². The monoisotopic (exact) mass is 346 g/mol. The normalized spacial score (nSPS) is 19.2. The highest BCUT2D eigenvalue weighted by atomic mass is 16.7. The van der Waals surface area contributed by atoms with Crippen LogP contribution in [0.2, 0.25) is 0 Å². The number of ether oxygens (including phenoxy) is 2. The van der Waals surface area contributed by atoms with Gasteiger partial charge in [0.05, 0.1) is 6.42 Å². The first-order valence-corrected chi connectivity index (χ1v) is 9.88. The SMILES string of the molecule is CCOC(OC(=O)Cc1cccc(C(C)CC)c1)C1(C)CCCCC1. The maximum atomic E-state index is 12.5. The lowest BCUT2D eigenvalue weighted by atomic mass is 9.75. The molecule has 1 saturated carbocycles. The molecular weight excluding hydrogens is 312 g/mol. The first-order chi connectivity index (χ1) is 12.0. The molecule has 3 nitrogen and oxygen atoms in total. The lowest BCUT2D eigenvalue weighted by molar-refractivity contribution is -0.212. The predicted octanol–water partition coefficient (Wildman–Crippen LogP) is 5.62. The van der Waals surface area contributed by atoms with E-state index in [0.717, 1.165) is 24.8 Å². The Bertz CT molecular complexity index is 546. The second kappa shape index (κ2) is 9.38. The summed E-state index contributed by atoms with van der Waals surface area (Å²) in [6.07, 6.45) is 6.75. The zero-order valence-electron chi connectivity index (χ0n) is 16.3. The molecule has 0 saturated heterocycles. The number of carbonyl (C=O) groups is 1. The van der Waals surface area contributed by atoms with Gasteiger partial charge in [-0.25, -0.2) is 0 Å². The molecule has 2 unspecified atom stereocenters. The maximum absolute atomic E-state index is 12.5. The van der Waals surface area contributed by atoms with E-state index in [-0.39, 0.29) is 11.4 Å². The summed E-state index contributed by atoms with van der Waals surface area (Å²) in [5.41, 5.74) is 2.25. The van der Waals surface area contributed by atoms with Crippen LogP contribution in [-0.2, 0) is 20.7 Å². The van der Waals surface area contributed by atoms with Crippen LogP contribution < -0.4 is 0 Å². The Kier molecular flexibility index (Phi) is 7.49. The second-order valence-electron chi connectivity index (χ2n) is 7.72. The van der Waals surface area contributed by atoms with Crippen molar-refractivity contribution in [2.75, 3.05) is 6.61 Å². The van der Waals surface area contributed by atoms with E-state index >= 15 is 0 Å². The summed E-state index contributed by atoms with van der Waals surface area (Å²) < 4.78 is 11.6. The molecule has 2 rings (SSSR count). The molecule has 25 heavy (non-hydrogen) atoms. The van der Waals surface area contributed by atoms with E-state index in [1.54, 1.807) is 0 Å². The van der Waals surface area contributed by atoms with Crippen LogP contribution in [0.1, 0.15) is 83.3 Å². The van der Waals surface area contributed by atoms with Crippen molar-refractivity contribution in [2.24, 2.45) is 5.41 Å². The van der Waals surface area contributed by atoms with Gasteiger partial charge in [-0.1, -0.05) is 64.3 Å². The Morgan fingerprint density at radius 1 is 1.20 bits per heavy atom. The van der Waals surface area contributed by atoms with E-state index in [1.165, 1.54) is 24.8 Å². The van der Waals surface area contributed by atoms with Crippen molar-refractivity contribution in [1.82, 2.24) is 0 Å². The van der Waals surface area contributed by atoms with Gasteiger partial charge in [0.15, 0.2) is 0 Å². The average Bonchev–Trinajstić information content (AvgIpc) is 2.61. The van der Waals surface area contributed by atoms with Crippen LogP contribution in [0.5, 0.6) is 0 Å². The summed E-state index contributed by atoms with van der Waals surface area (Å²) in [4.78, 5) is 12.5. The van der Waals surface area contributed by atoms with Gasteiger partial charge in [0.1, 0.15) is 0 Å². The molecule has 0 radical (unpaired) electrons. The molecule has 2 atom stereocenters. The number of benzene rings is 1. The summed E-state index contributed by atoms with van der Waals surface area (Å²) >= 11 is 0. The highest BCUT2D eigenvalue weighted by Crippen LogP contribution is 2.40. The number of esters is 1. The Hall–Kier alpha value is -1.35. The standard InChI is InChI=1S/C22H34O3/c1-5-17(3)19-12-10-11-18(15-19)16-20(23)25-21(24-6-2)22(4)13-8-7-9-14-22/h10-12,15,17,21H,5-9,13-14,16H2,1-4H3. The van der Waals surface area contributed by atoms with Crippen LogP contribution >= 0.6 is 0 Å². The van der Waals surface area contributed by atoms with E-state index in [9.17, 15) is 4.79 Å².